The molecule has 0 radical (unpaired) electrons. The molecule has 5 nitrogen and oxygen atoms in total. The molecule has 6 heteroatoms. The second-order valence-corrected chi connectivity index (χ2v) is 5.25. The van der Waals surface area contributed by atoms with Gasteiger partial charge in [-0.2, -0.15) is 0 Å². The number of ether oxygens (including phenoxy) is 3. The Morgan fingerprint density at radius 1 is 1.11 bits per heavy atom. The molecule has 1 unspecified atom stereocenters. The smallest absolute Gasteiger partial charge is 0.304 e. The quantitative estimate of drug-likeness (QED) is 0.586. The Morgan fingerprint density at radius 2 is 1.67 bits per heavy atom. The van der Waals surface area contributed by atoms with Gasteiger partial charge in [0, 0.05) is 25.1 Å². The van der Waals surface area contributed by atoms with E-state index in [9.17, 15) is 9.59 Å². The van der Waals surface area contributed by atoms with Gasteiger partial charge in [-0.05, 0) is 0 Å². The number of carbonyl (C=O) groups excluding carboxylic acids is 2. The maximum absolute atomic E-state index is 11.1. The number of hydrogen-bond donors (Lipinski definition) is 0. The lowest BCUT2D eigenvalue weighted by atomic mass is 9.86. The van der Waals surface area contributed by atoms with Crippen LogP contribution >= 0.6 is 15.9 Å². The average molecular weight is 323 g/mol. The van der Waals surface area contributed by atoms with E-state index < -0.39 is 12.3 Å². The van der Waals surface area contributed by atoms with E-state index in [1.165, 1.54) is 13.8 Å². The van der Waals surface area contributed by atoms with Crippen LogP contribution in [0.3, 0.4) is 0 Å². The normalized spacial score (nSPS) is 35.9. The van der Waals surface area contributed by atoms with Crippen LogP contribution in [-0.2, 0) is 23.8 Å². The Hall–Kier alpha value is -0.620. The summed E-state index contributed by atoms with van der Waals surface area (Å²) in [5.41, 5.74) is 0. The summed E-state index contributed by atoms with van der Waals surface area (Å²) in [7, 11) is 0. The Kier molecular flexibility index (Phi) is 5.59. The minimum Gasteiger partial charge on any atom is -0.462 e. The van der Waals surface area contributed by atoms with Crippen molar-refractivity contribution in [3.05, 3.63) is 0 Å². The van der Waals surface area contributed by atoms with Crippen molar-refractivity contribution >= 4 is 27.9 Å². The molecule has 5 atom stereocenters. The molecule has 0 saturated carbocycles. The summed E-state index contributed by atoms with van der Waals surface area (Å²) in [6.45, 7) is 6.51. The maximum Gasteiger partial charge on any atom is 0.304 e. The topological polar surface area (TPSA) is 61.8 Å². The molecule has 0 aromatic heterocycles. The summed E-state index contributed by atoms with van der Waals surface area (Å²) in [5, 5.41) is 0.594. The van der Waals surface area contributed by atoms with E-state index in [1.54, 1.807) is 0 Å². The first-order valence-corrected chi connectivity index (χ1v) is 7.04. The lowest BCUT2D eigenvalue weighted by molar-refractivity contribution is -0.252. The average Bonchev–Trinajstić information content (AvgIpc) is 2.27. The third-order valence-corrected chi connectivity index (χ3v) is 3.74. The molecule has 0 aromatic carbocycles. The van der Waals surface area contributed by atoms with Gasteiger partial charge in [-0.1, -0.05) is 29.8 Å². The van der Waals surface area contributed by atoms with Crippen LogP contribution in [0.25, 0.3) is 0 Å². The predicted molar refractivity (Wildman–Crippen MR) is 68.1 cm³/mol. The Morgan fingerprint density at radius 3 is 2.11 bits per heavy atom. The molecule has 1 aliphatic rings. The summed E-state index contributed by atoms with van der Waals surface area (Å²) < 4.78 is 16.2. The number of alkyl halides is 1. The predicted octanol–water partition coefficient (Wildman–Crippen LogP) is 1.87. The van der Waals surface area contributed by atoms with Crippen LogP contribution in [0.1, 0.15) is 27.7 Å². The van der Waals surface area contributed by atoms with Crippen LogP contribution in [0.15, 0.2) is 0 Å². The summed E-state index contributed by atoms with van der Waals surface area (Å²) >= 11 is 3.35. The Bertz CT molecular complexity index is 320. The summed E-state index contributed by atoms with van der Waals surface area (Å²) in [6.07, 6.45) is -1.15. The molecule has 1 heterocycles. The Balaban J connectivity index is 2.84. The van der Waals surface area contributed by atoms with Crippen LogP contribution in [0.5, 0.6) is 0 Å². The van der Waals surface area contributed by atoms with Gasteiger partial charge in [0.2, 0.25) is 6.29 Å². The van der Waals surface area contributed by atoms with Crippen molar-refractivity contribution < 1.29 is 23.8 Å². The van der Waals surface area contributed by atoms with E-state index in [2.05, 4.69) is 15.9 Å². The van der Waals surface area contributed by atoms with Gasteiger partial charge in [0.25, 0.3) is 0 Å². The van der Waals surface area contributed by atoms with Gasteiger partial charge in [0.1, 0.15) is 6.10 Å². The van der Waals surface area contributed by atoms with E-state index in [1.807, 2.05) is 13.8 Å². The SMILES string of the molecule is CC(=O)OC1O[C@@H](CBr)[C@@H](C)[C@@H](OC(C)=O)[C@@H]1C. The van der Waals surface area contributed by atoms with Crippen LogP contribution in [0.2, 0.25) is 0 Å². The lowest BCUT2D eigenvalue weighted by Crippen LogP contribution is -2.52. The highest BCUT2D eigenvalue weighted by atomic mass is 79.9. The zero-order chi connectivity index (χ0) is 13.9. The fraction of sp³-hybridized carbons (Fsp3) is 0.833. The molecule has 18 heavy (non-hydrogen) atoms. The first kappa shape index (κ1) is 15.4. The van der Waals surface area contributed by atoms with Crippen molar-refractivity contribution in [2.45, 2.75) is 46.2 Å². The number of halogens is 1. The number of hydrogen-bond acceptors (Lipinski definition) is 5. The molecule has 0 spiro atoms. The molecular weight excluding hydrogens is 304 g/mol. The summed E-state index contributed by atoms with van der Waals surface area (Å²) in [6, 6.07) is 0. The zero-order valence-corrected chi connectivity index (χ0v) is 12.6. The number of esters is 2. The third kappa shape index (κ3) is 3.68. The van der Waals surface area contributed by atoms with Gasteiger partial charge >= 0.3 is 11.9 Å². The van der Waals surface area contributed by atoms with Gasteiger partial charge in [-0.3, -0.25) is 9.59 Å². The second-order valence-electron chi connectivity index (χ2n) is 4.60. The standard InChI is InChI=1S/C12H19BrO5/c1-6-10(5-13)18-12(17-9(4)15)7(2)11(6)16-8(3)14/h6-7,10-12H,5H2,1-4H3/t6-,7+,10+,11-,12?/m1/s1. The number of rotatable bonds is 3. The molecule has 1 saturated heterocycles. The first-order chi connectivity index (χ1) is 8.36. The molecule has 104 valence electrons. The maximum atomic E-state index is 11.1. The van der Waals surface area contributed by atoms with E-state index in [0.717, 1.165) is 0 Å². The van der Waals surface area contributed by atoms with Crippen LogP contribution in [-0.4, -0.2) is 35.8 Å². The molecule has 1 aliphatic heterocycles. The van der Waals surface area contributed by atoms with Crippen molar-refractivity contribution in [1.82, 2.24) is 0 Å². The highest BCUT2D eigenvalue weighted by Gasteiger charge is 2.44. The van der Waals surface area contributed by atoms with Crippen molar-refractivity contribution in [2.75, 3.05) is 5.33 Å². The molecule has 1 fully saturated rings. The zero-order valence-electron chi connectivity index (χ0n) is 11.0. The molecule has 0 aromatic rings. The molecule has 0 amide bonds. The lowest BCUT2D eigenvalue weighted by Gasteiger charge is -2.42. The van der Waals surface area contributed by atoms with Gasteiger partial charge < -0.3 is 14.2 Å². The van der Waals surface area contributed by atoms with Crippen LogP contribution in [0.4, 0.5) is 0 Å². The largest absolute Gasteiger partial charge is 0.462 e. The van der Waals surface area contributed by atoms with E-state index >= 15 is 0 Å². The highest BCUT2D eigenvalue weighted by molar-refractivity contribution is 9.09. The molecular formula is C12H19BrO5. The molecule has 1 rings (SSSR count). The van der Waals surface area contributed by atoms with Gasteiger partial charge in [-0.15, -0.1) is 0 Å². The monoisotopic (exact) mass is 322 g/mol. The van der Waals surface area contributed by atoms with Crippen molar-refractivity contribution in [3.63, 3.8) is 0 Å². The van der Waals surface area contributed by atoms with Crippen LogP contribution in [0, 0.1) is 11.8 Å². The molecule has 0 N–H and O–H groups in total. The number of carbonyl (C=O) groups is 2. The fourth-order valence-electron chi connectivity index (χ4n) is 2.15. The van der Waals surface area contributed by atoms with Crippen LogP contribution < -0.4 is 0 Å². The van der Waals surface area contributed by atoms with Gasteiger partial charge in [0.05, 0.1) is 12.0 Å². The molecule has 0 bridgehead atoms. The van der Waals surface area contributed by atoms with E-state index in [4.69, 9.17) is 14.2 Å². The second kappa shape index (κ2) is 6.52. The third-order valence-electron chi connectivity index (χ3n) is 3.10. The van der Waals surface area contributed by atoms with Crippen molar-refractivity contribution in [1.29, 1.82) is 0 Å². The molecule has 0 aliphatic carbocycles. The van der Waals surface area contributed by atoms with Crippen molar-refractivity contribution in [3.8, 4) is 0 Å². The highest BCUT2D eigenvalue weighted by Crippen LogP contribution is 2.33. The minimum atomic E-state index is -0.675. The van der Waals surface area contributed by atoms with Crippen molar-refractivity contribution in [2.24, 2.45) is 11.8 Å². The first-order valence-electron chi connectivity index (χ1n) is 5.92. The Labute approximate surface area is 115 Å². The summed E-state index contributed by atoms with van der Waals surface area (Å²) in [4.78, 5) is 22.2. The fourth-order valence-corrected chi connectivity index (χ4v) is 2.89. The van der Waals surface area contributed by atoms with Gasteiger partial charge in [0.15, 0.2) is 0 Å². The van der Waals surface area contributed by atoms with Gasteiger partial charge in [-0.25, -0.2) is 0 Å². The van der Waals surface area contributed by atoms with E-state index in [0.29, 0.717) is 5.33 Å². The minimum absolute atomic E-state index is 0.0371. The van der Waals surface area contributed by atoms with E-state index in [-0.39, 0.29) is 30.0 Å². The summed E-state index contributed by atoms with van der Waals surface area (Å²) in [5.74, 6) is -0.898.